The number of hydrogen-bond donors (Lipinski definition) is 2. The van der Waals surface area contributed by atoms with Gasteiger partial charge < -0.3 is 72.8 Å². The number of thiophene rings is 2. The molecule has 4 aliphatic rings. The van der Waals surface area contributed by atoms with Gasteiger partial charge in [-0.25, -0.2) is 14.8 Å². The number of piperazine rings is 2. The van der Waals surface area contributed by atoms with Gasteiger partial charge in [0.2, 0.25) is 23.0 Å². The number of carboxylic acid groups (broad SMARTS) is 1. The van der Waals surface area contributed by atoms with Crippen LogP contribution in [0, 0.1) is 13.8 Å². The Balaban J connectivity index is 0.000000331. The summed E-state index contributed by atoms with van der Waals surface area (Å²) in [7, 11) is 3.28. The predicted molar refractivity (Wildman–Crippen MR) is 429 cm³/mol. The first-order valence-electron chi connectivity index (χ1n) is 36.6. The van der Waals surface area contributed by atoms with E-state index in [1.807, 2.05) is 77.9 Å². The molecule has 21 nitrogen and oxygen atoms in total. The molecule has 0 radical (unpaired) electrons. The number of carbonyl (C=O) groups is 4. The summed E-state index contributed by atoms with van der Waals surface area (Å²) in [5.41, 5.74) is -4.65. The third-order valence-electron chi connectivity index (χ3n) is 18.9. The van der Waals surface area contributed by atoms with Gasteiger partial charge in [0.1, 0.15) is 47.3 Å². The number of nitrogens with zero attached hydrogens (tertiary/aromatic N) is 7. The molecule has 6 aromatic rings. The minimum atomic E-state index is -4.87. The van der Waals surface area contributed by atoms with E-state index < -0.39 is 75.5 Å². The molecule has 4 aliphatic heterocycles. The van der Waals surface area contributed by atoms with Gasteiger partial charge in [-0.2, -0.15) is 26.3 Å². The maximum atomic E-state index is 15.0. The number of unbranched alkanes of at least 4 members (excludes halogenated alkanes) is 4. The van der Waals surface area contributed by atoms with Gasteiger partial charge >= 0.3 is 18.3 Å². The van der Waals surface area contributed by atoms with Gasteiger partial charge in [-0.3, -0.25) is 14.4 Å². The standard InChI is InChI=1S/C40H49F3N4O6S.C27H37N3O4S.C13H14F3NO3.3CH4/c1-5-7-8-11-24-52-36-35(31(16-18-44-36)40(41,42)43)37(48)47-19-12-17-39(34(47)13-6-2,53-30-27-29(3)54-28-30)38(49)46-22-20-45(21-23-46)32-14-9-10-15-33(32)51-26-25-50-4;1-4-8-25-27(11-7-12-28-25,34-22-19-21(2)35-20-22)26(31)30-15-13-29(14-16-30)23-9-5-6-10-24(23)33-18-17-32-3;1-2-3-4-5-8-20-11-10(12(18)19)9(6-7-17-11)13(14,15)16;;;/h5-6,9-10,14-16,18,27-28,34H,1-2,7-8,11-13,17,19-26H2,3-4H3;4-6,9-10,19-20,25,28H,1,7-8,11-18H2,2-3H3;2,6-7H,1,3-5,8H2,(H,18,19);3*1H4/t34-,39+;25-,27+;;;;/m11..../s1. The number of pyridine rings is 2. The number of allylic oxidation sites excluding steroid dienone is 2. The van der Waals surface area contributed by atoms with E-state index in [-0.39, 0.29) is 72.7 Å². The van der Waals surface area contributed by atoms with Crippen molar-refractivity contribution in [2.75, 3.05) is 129 Å². The lowest BCUT2D eigenvalue weighted by molar-refractivity contribution is -0.159. The van der Waals surface area contributed by atoms with Crippen molar-refractivity contribution < 1.29 is 88.5 Å². The van der Waals surface area contributed by atoms with Crippen molar-refractivity contribution in [1.82, 2.24) is 30.0 Å². The number of amides is 3. The summed E-state index contributed by atoms with van der Waals surface area (Å²) < 4.78 is 128. The van der Waals surface area contributed by atoms with Crippen LogP contribution in [0.3, 0.4) is 0 Å². The topological polar surface area (TPSA) is 216 Å². The number of aryl methyl sites for hydroxylation is 2. The van der Waals surface area contributed by atoms with E-state index in [2.05, 4.69) is 64.4 Å². The fourth-order valence-electron chi connectivity index (χ4n) is 13.7. The maximum absolute atomic E-state index is 15.0. The number of aromatic nitrogens is 2. The fraction of sp³-hybridized carbons (Fsp3) is 0.494. The van der Waals surface area contributed by atoms with Crippen LogP contribution in [0.25, 0.3) is 0 Å². The van der Waals surface area contributed by atoms with Crippen molar-refractivity contribution in [3.63, 3.8) is 0 Å². The molecule has 29 heteroatoms. The van der Waals surface area contributed by atoms with E-state index >= 15 is 4.79 Å². The Morgan fingerprint density at radius 1 is 0.562 bits per heavy atom. The van der Waals surface area contributed by atoms with Crippen molar-refractivity contribution >= 4 is 57.7 Å². The predicted octanol–water partition coefficient (Wildman–Crippen LogP) is 16.9. The van der Waals surface area contributed by atoms with Gasteiger partial charge in [-0.05, 0) is 140 Å². The van der Waals surface area contributed by atoms with Crippen molar-refractivity contribution in [3.05, 3.63) is 179 Å². The van der Waals surface area contributed by atoms with Gasteiger partial charge in [0.15, 0.2) is 0 Å². The number of nitrogens with one attached hydrogen (secondary N) is 1. The molecule has 8 heterocycles. The van der Waals surface area contributed by atoms with Crippen LogP contribution in [0.4, 0.5) is 37.7 Å². The summed E-state index contributed by atoms with van der Waals surface area (Å²) in [6, 6.07) is 19.9. The zero-order valence-electron chi connectivity index (χ0n) is 62.4. The first-order valence-corrected chi connectivity index (χ1v) is 38.3. The molecule has 4 aromatic heterocycles. The lowest BCUT2D eigenvalue weighted by Gasteiger charge is -2.50. The van der Waals surface area contributed by atoms with Gasteiger partial charge in [-0.1, -0.05) is 70.8 Å². The van der Waals surface area contributed by atoms with Crippen molar-refractivity contribution in [1.29, 1.82) is 0 Å². The normalized spacial score (nSPS) is 18.2. The van der Waals surface area contributed by atoms with Crippen LogP contribution in [0.1, 0.15) is 141 Å². The number of ether oxygens (including phenoxy) is 8. The number of alkyl halides is 6. The van der Waals surface area contributed by atoms with E-state index in [4.69, 9.17) is 43.0 Å². The number of benzene rings is 2. The molecule has 112 heavy (non-hydrogen) atoms. The molecule has 4 atom stereocenters. The summed E-state index contributed by atoms with van der Waals surface area (Å²) >= 11 is 3.09. The first kappa shape index (κ1) is 93.4. The molecule has 10 rings (SSSR count). The second-order valence-corrected chi connectivity index (χ2v) is 28.6. The van der Waals surface area contributed by atoms with E-state index in [0.717, 1.165) is 85.1 Å². The average Bonchev–Trinajstić information content (AvgIpc) is 0.972. The first-order chi connectivity index (χ1) is 52.5. The Kier molecular flexibility index (Phi) is 38.0. The molecular formula is C83H112F6N8O13S2. The van der Waals surface area contributed by atoms with Crippen LogP contribution in [0.15, 0.2) is 147 Å². The smallest absolute Gasteiger partial charge is 0.417 e. The van der Waals surface area contributed by atoms with Crippen molar-refractivity contribution in [3.8, 4) is 34.8 Å². The minimum Gasteiger partial charge on any atom is -0.489 e. The highest BCUT2D eigenvalue weighted by Gasteiger charge is 2.57. The number of halogens is 6. The van der Waals surface area contributed by atoms with Gasteiger partial charge in [0, 0.05) is 112 Å². The molecule has 0 spiro atoms. The number of carboxylic acids is 1. The van der Waals surface area contributed by atoms with Gasteiger partial charge in [0.05, 0.1) is 61.0 Å². The van der Waals surface area contributed by atoms with E-state index in [1.54, 1.807) is 54.1 Å². The second-order valence-electron chi connectivity index (χ2n) is 26.4. The third kappa shape index (κ3) is 24.7. The number of hydrogen-bond acceptors (Lipinski definition) is 19. The highest BCUT2D eigenvalue weighted by atomic mass is 32.1. The van der Waals surface area contributed by atoms with Crippen molar-refractivity contribution in [2.45, 2.75) is 149 Å². The van der Waals surface area contributed by atoms with E-state index in [0.29, 0.717) is 128 Å². The monoisotopic (exact) mass is 1610 g/mol. The zero-order valence-corrected chi connectivity index (χ0v) is 64.0. The summed E-state index contributed by atoms with van der Waals surface area (Å²) in [6.07, 6.45) is 6.12. The quantitative estimate of drug-likeness (QED) is 0.0218. The van der Waals surface area contributed by atoms with Crippen LogP contribution in [-0.2, 0) is 31.4 Å². The average molecular weight is 1610 g/mol. The Labute approximate surface area is 664 Å². The molecule has 2 aromatic carbocycles. The van der Waals surface area contributed by atoms with E-state index in [9.17, 15) is 40.7 Å². The van der Waals surface area contributed by atoms with E-state index in [1.165, 1.54) is 21.1 Å². The highest BCUT2D eigenvalue weighted by Crippen LogP contribution is 2.44. The summed E-state index contributed by atoms with van der Waals surface area (Å²) in [4.78, 5) is 74.1. The number of carbonyl (C=O) groups excluding carboxylic acids is 3. The SMILES string of the molecule is C.C.C.C=CCCCCOc1nccc(C(F)(F)F)c1C(=O)N1CCC[C@@](Oc2csc(C)c2)(C(=O)N2CCN(c3ccccc3OCCOC)CC2)[C@H]1CC=C.C=CCCCCOc1nccc(C(F)(F)F)c1C(=O)O.C=CC[C@H]1NCCC[C@@]1(Oc1csc(C)c1)C(=O)N1CCN(c2ccccc2OCCOC)CC1. The zero-order chi connectivity index (χ0) is 78.6. The molecule has 4 fully saturated rings. The molecule has 0 bridgehead atoms. The summed E-state index contributed by atoms with van der Waals surface area (Å²) in [5.74, 6) is -1.02. The molecule has 616 valence electrons. The number of aromatic carboxylic acids is 1. The largest absolute Gasteiger partial charge is 0.489 e. The van der Waals surface area contributed by atoms with Crippen LogP contribution >= 0.6 is 22.7 Å². The van der Waals surface area contributed by atoms with Gasteiger partial charge in [0.25, 0.3) is 17.7 Å². The highest BCUT2D eigenvalue weighted by molar-refractivity contribution is 7.10. The lowest BCUT2D eigenvalue weighted by atomic mass is 9.80. The molecule has 0 aliphatic carbocycles. The van der Waals surface area contributed by atoms with Crippen LogP contribution in [-0.4, -0.2) is 196 Å². The number of para-hydroxylation sites is 4. The Morgan fingerprint density at radius 2 is 1.01 bits per heavy atom. The second kappa shape index (κ2) is 45.5. The van der Waals surface area contributed by atoms with Crippen LogP contribution < -0.4 is 43.5 Å². The number of piperidine rings is 2. The lowest BCUT2D eigenvalue weighted by Crippen LogP contribution is -2.69. The number of rotatable bonds is 34. The molecule has 4 saturated heterocycles. The Bertz CT molecular complexity index is 3960. The Morgan fingerprint density at radius 3 is 1.45 bits per heavy atom. The van der Waals surface area contributed by atoms with Crippen molar-refractivity contribution in [2.24, 2.45) is 0 Å². The number of anilines is 2. The fourth-order valence-corrected chi connectivity index (χ4v) is 14.9. The van der Waals surface area contributed by atoms with Gasteiger partial charge in [-0.15, -0.1) is 49.0 Å². The van der Waals surface area contributed by atoms with Crippen LogP contribution in [0.2, 0.25) is 0 Å². The minimum absolute atomic E-state index is 0. The summed E-state index contributed by atoms with van der Waals surface area (Å²) in [6.45, 7) is 26.5. The Hall–Kier alpha value is -9.16. The molecular weight excluding hydrogens is 1500 g/mol. The molecule has 2 N–H and O–H groups in total. The molecule has 3 amide bonds. The number of methoxy groups -OCH3 is 2. The number of likely N-dealkylation sites (tertiary alicyclic amines) is 1. The molecule has 0 saturated carbocycles. The molecule has 0 unspecified atom stereocenters. The maximum Gasteiger partial charge on any atom is 0.417 e. The van der Waals surface area contributed by atoms with Crippen LogP contribution in [0.5, 0.6) is 34.8 Å². The summed E-state index contributed by atoms with van der Waals surface area (Å²) in [5, 5.41) is 16.3. The third-order valence-corrected chi connectivity index (χ3v) is 20.6.